The maximum atomic E-state index is 12.9. The van der Waals surface area contributed by atoms with E-state index in [0.29, 0.717) is 23.7 Å². The average molecular weight is 326 g/mol. The Bertz CT molecular complexity index is 766. The van der Waals surface area contributed by atoms with Crippen molar-refractivity contribution in [2.45, 2.75) is 44.4 Å². The summed E-state index contributed by atoms with van der Waals surface area (Å²) in [5, 5.41) is 4.16. The summed E-state index contributed by atoms with van der Waals surface area (Å²) in [6.07, 6.45) is 4.23. The number of aryl methyl sites for hydroxylation is 1. The van der Waals surface area contributed by atoms with Crippen LogP contribution in [-0.4, -0.2) is 34.0 Å². The number of amides is 1. The van der Waals surface area contributed by atoms with Crippen LogP contribution < -0.4 is 5.73 Å². The van der Waals surface area contributed by atoms with Gasteiger partial charge in [-0.15, -0.1) is 0 Å². The third kappa shape index (κ3) is 2.88. The number of piperidine rings is 1. The lowest BCUT2D eigenvalue weighted by Crippen LogP contribution is -2.39. The normalized spacial score (nSPS) is 21.0. The topological polar surface area (TPSA) is 85.3 Å². The lowest BCUT2D eigenvalue weighted by molar-refractivity contribution is 0.0703. The highest BCUT2D eigenvalue weighted by Crippen LogP contribution is 2.39. The molecule has 1 aliphatic heterocycles. The number of hydrogen-bond donors (Lipinski definition) is 1. The van der Waals surface area contributed by atoms with Crippen molar-refractivity contribution in [1.82, 2.24) is 15.0 Å². The van der Waals surface area contributed by atoms with Crippen LogP contribution in [0.25, 0.3) is 0 Å². The monoisotopic (exact) mass is 326 g/mol. The van der Waals surface area contributed by atoms with Gasteiger partial charge in [0.05, 0.1) is 0 Å². The molecule has 6 heteroatoms. The lowest BCUT2D eigenvalue weighted by Gasteiger charge is -2.31. The number of nitrogens with zero attached hydrogens (tertiary/aromatic N) is 3. The molecule has 1 aromatic heterocycles. The smallest absolute Gasteiger partial charge is 0.254 e. The molecule has 126 valence electrons. The molecule has 1 unspecified atom stereocenters. The number of nitrogens with two attached hydrogens (primary N) is 1. The van der Waals surface area contributed by atoms with Crippen LogP contribution >= 0.6 is 0 Å². The maximum absolute atomic E-state index is 12.9. The quantitative estimate of drug-likeness (QED) is 0.877. The van der Waals surface area contributed by atoms with Crippen LogP contribution in [0.15, 0.2) is 22.7 Å². The van der Waals surface area contributed by atoms with E-state index in [1.54, 1.807) is 6.07 Å². The van der Waals surface area contributed by atoms with Gasteiger partial charge in [0.15, 0.2) is 5.82 Å². The van der Waals surface area contributed by atoms with Crippen LogP contribution in [0.4, 0.5) is 5.69 Å². The summed E-state index contributed by atoms with van der Waals surface area (Å²) in [6, 6.07) is 5.48. The number of carbonyl (C=O) groups is 1. The van der Waals surface area contributed by atoms with Crippen molar-refractivity contribution in [2.75, 3.05) is 18.8 Å². The van der Waals surface area contributed by atoms with Crippen LogP contribution in [0, 0.1) is 6.92 Å². The molecule has 24 heavy (non-hydrogen) atoms. The molecule has 1 amide bonds. The fourth-order valence-electron chi connectivity index (χ4n) is 3.32. The first-order chi connectivity index (χ1) is 11.6. The molecule has 2 fully saturated rings. The first-order valence-corrected chi connectivity index (χ1v) is 8.60. The molecule has 0 bridgehead atoms. The Morgan fingerprint density at radius 2 is 2.12 bits per heavy atom. The second kappa shape index (κ2) is 5.92. The van der Waals surface area contributed by atoms with Crippen molar-refractivity contribution in [3.63, 3.8) is 0 Å². The molecule has 1 atom stereocenters. The van der Waals surface area contributed by atoms with Gasteiger partial charge in [-0.25, -0.2) is 0 Å². The van der Waals surface area contributed by atoms with E-state index in [0.717, 1.165) is 49.5 Å². The summed E-state index contributed by atoms with van der Waals surface area (Å²) in [5.74, 6) is 2.16. The molecule has 2 aromatic rings. The minimum Gasteiger partial charge on any atom is -0.399 e. The Labute approximate surface area is 141 Å². The molecule has 2 N–H and O–H groups in total. The van der Waals surface area contributed by atoms with E-state index < -0.39 is 0 Å². The van der Waals surface area contributed by atoms with Gasteiger partial charge < -0.3 is 15.2 Å². The summed E-state index contributed by atoms with van der Waals surface area (Å²) >= 11 is 0. The van der Waals surface area contributed by atoms with Crippen molar-refractivity contribution in [2.24, 2.45) is 0 Å². The molecule has 1 aliphatic carbocycles. The van der Waals surface area contributed by atoms with Crippen molar-refractivity contribution in [3.8, 4) is 0 Å². The van der Waals surface area contributed by atoms with Gasteiger partial charge >= 0.3 is 0 Å². The first kappa shape index (κ1) is 15.2. The number of anilines is 1. The molecule has 1 saturated heterocycles. The van der Waals surface area contributed by atoms with Gasteiger partial charge in [-0.1, -0.05) is 11.2 Å². The molecular weight excluding hydrogens is 304 g/mol. The SMILES string of the molecule is Cc1ccc(N)cc1C(=O)N1CCCC(c2noc(C3CC3)n2)C1. The number of benzene rings is 1. The lowest BCUT2D eigenvalue weighted by atomic mass is 9.96. The second-order valence-electron chi connectivity index (χ2n) is 6.93. The summed E-state index contributed by atoms with van der Waals surface area (Å²) in [6.45, 7) is 3.34. The van der Waals surface area contributed by atoms with Gasteiger partial charge in [-0.3, -0.25) is 4.79 Å². The fourth-order valence-corrected chi connectivity index (χ4v) is 3.32. The average Bonchev–Trinajstić information content (AvgIpc) is 3.33. The van der Waals surface area contributed by atoms with Crippen molar-refractivity contribution >= 4 is 11.6 Å². The third-order valence-electron chi connectivity index (χ3n) is 4.95. The molecule has 1 aromatic carbocycles. The number of carbonyl (C=O) groups excluding carboxylic acids is 1. The zero-order valence-electron chi connectivity index (χ0n) is 13.9. The van der Waals surface area contributed by atoms with Crippen LogP contribution in [0.2, 0.25) is 0 Å². The number of likely N-dealkylation sites (tertiary alicyclic amines) is 1. The Hall–Kier alpha value is -2.37. The standard InChI is InChI=1S/C18H22N4O2/c1-11-4-7-14(19)9-15(11)18(23)22-8-2-3-13(10-22)16-20-17(24-21-16)12-5-6-12/h4,7,9,12-13H,2-3,5-6,8,10,19H2,1H3. The van der Waals surface area contributed by atoms with E-state index in [4.69, 9.17) is 10.3 Å². The number of aromatic nitrogens is 2. The first-order valence-electron chi connectivity index (χ1n) is 8.60. The van der Waals surface area contributed by atoms with E-state index >= 15 is 0 Å². The Morgan fingerprint density at radius 1 is 1.29 bits per heavy atom. The minimum absolute atomic E-state index is 0.0374. The molecule has 2 heterocycles. The fraction of sp³-hybridized carbons (Fsp3) is 0.500. The molecule has 4 rings (SSSR count). The maximum Gasteiger partial charge on any atom is 0.254 e. The number of rotatable bonds is 3. The van der Waals surface area contributed by atoms with Gasteiger partial charge in [0, 0.05) is 36.2 Å². The van der Waals surface area contributed by atoms with Crippen LogP contribution in [0.5, 0.6) is 0 Å². The van der Waals surface area contributed by atoms with Crippen LogP contribution in [-0.2, 0) is 0 Å². The predicted molar refractivity (Wildman–Crippen MR) is 89.7 cm³/mol. The van der Waals surface area contributed by atoms with E-state index in [-0.39, 0.29) is 11.8 Å². The van der Waals surface area contributed by atoms with E-state index in [2.05, 4.69) is 10.1 Å². The van der Waals surface area contributed by atoms with Crippen LogP contribution in [0.1, 0.15) is 65.2 Å². The zero-order valence-corrected chi connectivity index (χ0v) is 13.9. The summed E-state index contributed by atoms with van der Waals surface area (Å²) in [5.41, 5.74) is 8.10. The Balaban J connectivity index is 1.51. The second-order valence-corrected chi connectivity index (χ2v) is 6.93. The number of hydrogen-bond acceptors (Lipinski definition) is 5. The Morgan fingerprint density at radius 3 is 2.92 bits per heavy atom. The molecule has 0 radical (unpaired) electrons. The zero-order chi connectivity index (χ0) is 16.7. The highest BCUT2D eigenvalue weighted by Gasteiger charge is 2.33. The largest absolute Gasteiger partial charge is 0.399 e. The van der Waals surface area contributed by atoms with E-state index in [1.165, 1.54) is 0 Å². The van der Waals surface area contributed by atoms with Crippen molar-refractivity contribution in [3.05, 3.63) is 41.0 Å². The van der Waals surface area contributed by atoms with Gasteiger partial charge in [0.25, 0.3) is 5.91 Å². The van der Waals surface area contributed by atoms with Crippen LogP contribution in [0.3, 0.4) is 0 Å². The minimum atomic E-state index is 0.0374. The molecule has 2 aliphatic rings. The van der Waals surface area contributed by atoms with Crippen molar-refractivity contribution < 1.29 is 9.32 Å². The highest BCUT2D eigenvalue weighted by molar-refractivity contribution is 5.96. The highest BCUT2D eigenvalue weighted by atomic mass is 16.5. The summed E-state index contributed by atoms with van der Waals surface area (Å²) < 4.78 is 5.38. The Kier molecular flexibility index (Phi) is 3.75. The number of nitrogen functional groups attached to an aromatic ring is 1. The van der Waals surface area contributed by atoms with E-state index in [9.17, 15) is 4.79 Å². The van der Waals surface area contributed by atoms with Gasteiger partial charge in [0.1, 0.15) is 0 Å². The molecule has 1 saturated carbocycles. The van der Waals surface area contributed by atoms with E-state index in [1.807, 2.05) is 24.0 Å². The summed E-state index contributed by atoms with van der Waals surface area (Å²) in [7, 11) is 0. The third-order valence-corrected chi connectivity index (χ3v) is 4.95. The van der Waals surface area contributed by atoms with Crippen molar-refractivity contribution in [1.29, 1.82) is 0 Å². The summed E-state index contributed by atoms with van der Waals surface area (Å²) in [4.78, 5) is 19.3. The predicted octanol–water partition coefficient (Wildman–Crippen LogP) is 2.86. The molecular formula is C18H22N4O2. The molecule has 0 spiro atoms. The van der Waals surface area contributed by atoms with Gasteiger partial charge in [-0.05, 0) is 50.3 Å². The van der Waals surface area contributed by atoms with Gasteiger partial charge in [0.2, 0.25) is 5.89 Å². The van der Waals surface area contributed by atoms with Gasteiger partial charge in [-0.2, -0.15) is 4.98 Å². The molecule has 6 nitrogen and oxygen atoms in total.